The first-order valence-electron chi connectivity index (χ1n) is 5.73. The van der Waals surface area contributed by atoms with Crippen molar-refractivity contribution in [3.8, 4) is 0 Å². The highest BCUT2D eigenvalue weighted by Gasteiger charge is 2.13. The number of anilines is 1. The van der Waals surface area contributed by atoms with E-state index in [1.54, 1.807) is 18.3 Å². The number of thiazole rings is 1. The number of carbonyl (C=O) groups is 1. The summed E-state index contributed by atoms with van der Waals surface area (Å²) in [5.41, 5.74) is 2.12. The maximum absolute atomic E-state index is 11.5. The Kier molecular flexibility index (Phi) is 4.86. The summed E-state index contributed by atoms with van der Waals surface area (Å²) >= 11 is 13.3. The third kappa shape index (κ3) is 3.42. The highest BCUT2D eigenvalue weighted by atomic mass is 35.5. The van der Waals surface area contributed by atoms with Crippen molar-refractivity contribution in [2.75, 3.05) is 12.4 Å². The van der Waals surface area contributed by atoms with Crippen LogP contribution in [0.15, 0.2) is 18.3 Å². The van der Waals surface area contributed by atoms with Crippen LogP contribution in [0.3, 0.4) is 0 Å². The van der Waals surface area contributed by atoms with Crippen LogP contribution < -0.4 is 5.32 Å². The number of halogens is 2. The number of benzene rings is 1. The first-order chi connectivity index (χ1) is 9.51. The number of hydrogen-bond acceptors (Lipinski definition) is 5. The van der Waals surface area contributed by atoms with Crippen molar-refractivity contribution in [2.24, 2.45) is 0 Å². The number of rotatable bonds is 4. The lowest BCUT2D eigenvalue weighted by Gasteiger charge is -2.11. The number of carbonyl (C=O) groups excluding carboxylic acids is 1. The molecule has 1 aromatic carbocycles. The summed E-state index contributed by atoms with van der Waals surface area (Å²) < 4.78 is 5.19. The maximum Gasteiger partial charge on any atom is 0.339 e. The topological polar surface area (TPSA) is 51.2 Å². The summed E-state index contributed by atoms with van der Waals surface area (Å²) in [5.74, 6) is -0.445. The zero-order valence-corrected chi connectivity index (χ0v) is 13.2. The molecule has 0 saturated heterocycles. The fraction of sp³-hybridized carbons (Fsp3) is 0.231. The molecule has 0 bridgehead atoms. The molecule has 1 N–H and O–H groups in total. The van der Waals surface area contributed by atoms with Gasteiger partial charge in [-0.1, -0.05) is 23.2 Å². The number of ether oxygens (including phenoxy) is 1. The number of nitrogens with zero attached hydrogens (tertiary/aromatic N) is 1. The summed E-state index contributed by atoms with van der Waals surface area (Å²) in [4.78, 5) is 16.5. The fourth-order valence-corrected chi connectivity index (χ4v) is 2.84. The normalized spacial score (nSPS) is 10.4. The summed E-state index contributed by atoms with van der Waals surface area (Å²) in [5, 5.41) is 3.60. The molecule has 0 radical (unpaired) electrons. The predicted molar refractivity (Wildman–Crippen MR) is 82.0 cm³/mol. The molecule has 0 aliphatic heterocycles. The second-order valence-corrected chi connectivity index (χ2v) is 6.18. The molecular weight excluding hydrogens is 319 g/mol. The number of hydrogen-bond donors (Lipinski definition) is 1. The van der Waals surface area contributed by atoms with Crippen molar-refractivity contribution in [1.82, 2.24) is 4.98 Å². The molecule has 20 heavy (non-hydrogen) atoms. The van der Waals surface area contributed by atoms with Gasteiger partial charge in [0.05, 0.1) is 24.2 Å². The molecule has 0 saturated carbocycles. The second-order valence-electron chi connectivity index (χ2n) is 4.07. The molecule has 0 amide bonds. The van der Waals surface area contributed by atoms with E-state index in [0.29, 0.717) is 21.6 Å². The Labute approximate surface area is 130 Å². The van der Waals surface area contributed by atoms with Crippen molar-refractivity contribution < 1.29 is 9.53 Å². The Hall–Kier alpha value is -1.30. The molecule has 2 aromatic rings. The number of aryl methyl sites for hydroxylation is 1. The molecule has 0 unspecified atom stereocenters. The quantitative estimate of drug-likeness (QED) is 0.855. The Morgan fingerprint density at radius 3 is 2.80 bits per heavy atom. The van der Waals surface area contributed by atoms with Gasteiger partial charge in [0.1, 0.15) is 0 Å². The SMILES string of the molecule is COC(=O)c1cc(C)c(NCc2cnc(Cl)s2)cc1Cl. The number of esters is 1. The molecule has 106 valence electrons. The van der Waals surface area contributed by atoms with Crippen molar-refractivity contribution in [3.63, 3.8) is 0 Å². The Morgan fingerprint density at radius 2 is 2.20 bits per heavy atom. The Morgan fingerprint density at radius 1 is 1.45 bits per heavy atom. The molecule has 0 fully saturated rings. The van der Waals surface area contributed by atoms with Crippen LogP contribution in [0, 0.1) is 6.92 Å². The van der Waals surface area contributed by atoms with E-state index in [-0.39, 0.29) is 0 Å². The first kappa shape index (κ1) is 15.1. The van der Waals surface area contributed by atoms with E-state index in [1.807, 2.05) is 6.92 Å². The lowest BCUT2D eigenvalue weighted by molar-refractivity contribution is 0.0601. The molecule has 0 aliphatic rings. The first-order valence-corrected chi connectivity index (χ1v) is 7.31. The van der Waals surface area contributed by atoms with Crippen molar-refractivity contribution in [3.05, 3.63) is 43.8 Å². The van der Waals surface area contributed by atoms with Gasteiger partial charge < -0.3 is 10.1 Å². The van der Waals surface area contributed by atoms with Gasteiger partial charge in [0.25, 0.3) is 0 Å². The third-order valence-electron chi connectivity index (χ3n) is 2.70. The number of nitrogens with one attached hydrogen (secondary N) is 1. The molecule has 7 heteroatoms. The molecule has 1 aromatic heterocycles. The zero-order valence-electron chi connectivity index (χ0n) is 10.9. The minimum atomic E-state index is -0.445. The van der Waals surface area contributed by atoms with Crippen LogP contribution in [-0.4, -0.2) is 18.1 Å². The van der Waals surface area contributed by atoms with Crippen LogP contribution >= 0.6 is 34.5 Å². The van der Waals surface area contributed by atoms with Gasteiger partial charge in [-0.2, -0.15) is 0 Å². The van der Waals surface area contributed by atoms with Gasteiger partial charge in [0, 0.05) is 16.8 Å². The fourth-order valence-electron chi connectivity index (χ4n) is 1.69. The maximum atomic E-state index is 11.5. The second kappa shape index (κ2) is 6.43. The van der Waals surface area contributed by atoms with Crippen LogP contribution in [0.1, 0.15) is 20.8 Å². The van der Waals surface area contributed by atoms with Crippen molar-refractivity contribution >= 4 is 46.2 Å². The van der Waals surface area contributed by atoms with Gasteiger partial charge in [-0.3, -0.25) is 0 Å². The van der Waals surface area contributed by atoms with Crippen molar-refractivity contribution in [2.45, 2.75) is 13.5 Å². The number of aromatic nitrogens is 1. The van der Waals surface area contributed by atoms with E-state index in [0.717, 1.165) is 16.1 Å². The molecule has 0 aliphatic carbocycles. The van der Waals surface area contributed by atoms with Crippen LogP contribution in [0.4, 0.5) is 5.69 Å². The van der Waals surface area contributed by atoms with Gasteiger partial charge in [-0.25, -0.2) is 9.78 Å². The van der Waals surface area contributed by atoms with Gasteiger partial charge >= 0.3 is 5.97 Å². The van der Waals surface area contributed by atoms with Gasteiger partial charge in [-0.05, 0) is 24.6 Å². The average Bonchev–Trinajstić information content (AvgIpc) is 2.84. The van der Waals surface area contributed by atoms with Crippen LogP contribution in [-0.2, 0) is 11.3 Å². The molecule has 1 heterocycles. The lowest BCUT2D eigenvalue weighted by Crippen LogP contribution is -2.05. The smallest absolute Gasteiger partial charge is 0.339 e. The largest absolute Gasteiger partial charge is 0.465 e. The molecule has 4 nitrogen and oxygen atoms in total. The van der Waals surface area contributed by atoms with E-state index in [4.69, 9.17) is 23.2 Å². The van der Waals surface area contributed by atoms with Gasteiger partial charge in [-0.15, -0.1) is 11.3 Å². The average molecular weight is 331 g/mol. The molecule has 2 rings (SSSR count). The summed E-state index contributed by atoms with van der Waals surface area (Å²) in [6.45, 7) is 2.49. The van der Waals surface area contributed by atoms with Crippen molar-refractivity contribution in [1.29, 1.82) is 0 Å². The monoisotopic (exact) mass is 330 g/mol. The lowest BCUT2D eigenvalue weighted by atomic mass is 10.1. The number of methoxy groups -OCH3 is 1. The Bertz CT molecular complexity index is 643. The standard InChI is InChI=1S/C13H12Cl2N2O2S/c1-7-3-9(12(18)19-2)10(14)4-11(7)16-5-8-6-17-13(15)20-8/h3-4,6,16H,5H2,1-2H3. The van der Waals surface area contributed by atoms with Gasteiger partial charge in [0.15, 0.2) is 4.47 Å². The van der Waals surface area contributed by atoms with Crippen LogP contribution in [0.2, 0.25) is 9.49 Å². The highest BCUT2D eigenvalue weighted by Crippen LogP contribution is 2.27. The third-order valence-corrected chi connectivity index (χ3v) is 4.13. The van der Waals surface area contributed by atoms with Crippen LogP contribution in [0.5, 0.6) is 0 Å². The van der Waals surface area contributed by atoms with E-state index in [1.165, 1.54) is 18.4 Å². The summed E-state index contributed by atoms with van der Waals surface area (Å²) in [6, 6.07) is 3.42. The summed E-state index contributed by atoms with van der Waals surface area (Å²) in [7, 11) is 1.33. The molecule has 0 spiro atoms. The summed E-state index contributed by atoms with van der Waals surface area (Å²) in [6.07, 6.45) is 1.72. The minimum absolute atomic E-state index is 0.354. The van der Waals surface area contributed by atoms with E-state index in [2.05, 4.69) is 15.0 Å². The van der Waals surface area contributed by atoms with E-state index < -0.39 is 5.97 Å². The predicted octanol–water partition coefficient (Wildman–Crippen LogP) is 4.16. The molecular formula is C13H12Cl2N2O2S. The van der Waals surface area contributed by atoms with Gasteiger partial charge in [0.2, 0.25) is 0 Å². The Balaban J connectivity index is 2.16. The zero-order chi connectivity index (χ0) is 14.7. The van der Waals surface area contributed by atoms with E-state index in [9.17, 15) is 4.79 Å². The highest BCUT2D eigenvalue weighted by molar-refractivity contribution is 7.15. The van der Waals surface area contributed by atoms with E-state index >= 15 is 0 Å². The minimum Gasteiger partial charge on any atom is -0.465 e. The van der Waals surface area contributed by atoms with Crippen LogP contribution in [0.25, 0.3) is 0 Å². The molecule has 0 atom stereocenters.